The number of nitrogen functional groups attached to an aromatic ring is 1. The largest absolute Gasteiger partial charge is 0.393 e. The number of hydrogen-bond acceptors (Lipinski definition) is 5. The van der Waals surface area contributed by atoms with Crippen molar-refractivity contribution in [3.8, 4) is 5.82 Å². The van der Waals surface area contributed by atoms with Crippen molar-refractivity contribution in [1.82, 2.24) is 19.5 Å². The molecule has 0 spiro atoms. The molecule has 6 heteroatoms. The summed E-state index contributed by atoms with van der Waals surface area (Å²) in [4.78, 5) is 12.1. The van der Waals surface area contributed by atoms with Gasteiger partial charge in [-0.3, -0.25) is 4.57 Å². The van der Waals surface area contributed by atoms with Crippen molar-refractivity contribution in [3.63, 3.8) is 0 Å². The summed E-state index contributed by atoms with van der Waals surface area (Å²) < 4.78 is 1.73. The van der Waals surface area contributed by atoms with Crippen molar-refractivity contribution >= 4 is 11.5 Å². The zero-order chi connectivity index (χ0) is 11.4. The van der Waals surface area contributed by atoms with E-state index in [1.54, 1.807) is 29.4 Å². The number of rotatable bonds is 4. The Balaban J connectivity index is 2.37. The number of anilines is 2. The van der Waals surface area contributed by atoms with Gasteiger partial charge >= 0.3 is 0 Å². The highest BCUT2D eigenvalue weighted by atomic mass is 15.1. The fourth-order valence-corrected chi connectivity index (χ4v) is 1.29. The van der Waals surface area contributed by atoms with Gasteiger partial charge < -0.3 is 11.1 Å². The molecule has 2 heterocycles. The Morgan fingerprint density at radius 2 is 2.38 bits per heavy atom. The van der Waals surface area contributed by atoms with Crippen LogP contribution in [0.25, 0.3) is 5.82 Å². The van der Waals surface area contributed by atoms with Crippen molar-refractivity contribution in [3.05, 3.63) is 37.7 Å². The minimum Gasteiger partial charge on any atom is -0.393 e. The van der Waals surface area contributed by atoms with Crippen LogP contribution < -0.4 is 11.1 Å². The van der Waals surface area contributed by atoms with E-state index in [1.165, 1.54) is 6.33 Å². The third kappa shape index (κ3) is 1.85. The molecule has 0 bridgehead atoms. The van der Waals surface area contributed by atoms with Gasteiger partial charge in [0.2, 0.25) is 0 Å². The minimum absolute atomic E-state index is 0.488. The van der Waals surface area contributed by atoms with Gasteiger partial charge in [-0.25, -0.2) is 15.0 Å². The van der Waals surface area contributed by atoms with Crippen LogP contribution in [0.5, 0.6) is 0 Å². The molecular weight excluding hydrogens is 204 g/mol. The molecule has 6 nitrogen and oxygen atoms in total. The van der Waals surface area contributed by atoms with Crippen LogP contribution in [0.1, 0.15) is 0 Å². The van der Waals surface area contributed by atoms with Crippen LogP contribution in [0.2, 0.25) is 0 Å². The normalized spacial score (nSPS) is 10.0. The smallest absolute Gasteiger partial charge is 0.166 e. The Bertz CT molecular complexity index is 476. The number of aromatic nitrogens is 4. The first kappa shape index (κ1) is 10.2. The molecule has 2 aromatic rings. The number of imidazole rings is 1. The summed E-state index contributed by atoms with van der Waals surface area (Å²) in [7, 11) is 0. The highest BCUT2D eigenvalue weighted by molar-refractivity contribution is 5.69. The molecule has 0 aromatic carbocycles. The maximum Gasteiger partial charge on any atom is 0.166 e. The van der Waals surface area contributed by atoms with E-state index < -0.39 is 0 Å². The maximum atomic E-state index is 5.94. The second kappa shape index (κ2) is 4.43. The summed E-state index contributed by atoms with van der Waals surface area (Å²) in [6, 6.07) is 0. The molecule has 0 aliphatic carbocycles. The Kier molecular flexibility index (Phi) is 2.81. The van der Waals surface area contributed by atoms with Crippen LogP contribution in [0.3, 0.4) is 0 Å². The molecule has 0 unspecified atom stereocenters. The van der Waals surface area contributed by atoms with Gasteiger partial charge in [0.1, 0.15) is 18.3 Å². The number of nitrogens with one attached hydrogen (secondary N) is 1. The summed E-state index contributed by atoms with van der Waals surface area (Å²) in [5.41, 5.74) is 6.43. The number of nitrogens with two attached hydrogens (primary N) is 1. The van der Waals surface area contributed by atoms with Crippen LogP contribution in [-0.4, -0.2) is 26.1 Å². The number of nitrogens with zero attached hydrogens (tertiary/aromatic N) is 4. The second-order valence-electron chi connectivity index (χ2n) is 3.10. The standard InChI is InChI=1S/C10H12N6/c1-2-3-13-9-8(11)10(15-6-14-9)16-5-4-12-7-16/h2,4-7H,1,3,11H2,(H,13,14,15). The maximum absolute atomic E-state index is 5.94. The molecule has 2 aromatic heterocycles. The molecule has 0 saturated carbocycles. The lowest BCUT2D eigenvalue weighted by Crippen LogP contribution is -2.08. The molecule has 0 atom stereocenters. The summed E-state index contributed by atoms with van der Waals surface area (Å²) >= 11 is 0. The van der Waals surface area contributed by atoms with Crippen molar-refractivity contribution in [2.45, 2.75) is 0 Å². The molecule has 0 saturated heterocycles. The fourth-order valence-electron chi connectivity index (χ4n) is 1.29. The third-order valence-electron chi connectivity index (χ3n) is 2.03. The summed E-state index contributed by atoms with van der Waals surface area (Å²) in [5.74, 6) is 1.21. The van der Waals surface area contributed by atoms with Crippen molar-refractivity contribution < 1.29 is 0 Å². The molecule has 0 radical (unpaired) electrons. The molecular formula is C10H12N6. The Morgan fingerprint density at radius 3 is 3.06 bits per heavy atom. The fraction of sp³-hybridized carbons (Fsp3) is 0.100. The van der Waals surface area contributed by atoms with E-state index in [9.17, 15) is 0 Å². The van der Waals surface area contributed by atoms with Crippen LogP contribution in [-0.2, 0) is 0 Å². The van der Waals surface area contributed by atoms with Gasteiger partial charge in [-0.15, -0.1) is 6.58 Å². The molecule has 0 amide bonds. The Morgan fingerprint density at radius 1 is 1.50 bits per heavy atom. The topological polar surface area (TPSA) is 81.7 Å². The third-order valence-corrected chi connectivity index (χ3v) is 2.03. The molecule has 0 aliphatic rings. The van der Waals surface area contributed by atoms with Crippen LogP contribution >= 0.6 is 0 Å². The van der Waals surface area contributed by atoms with Gasteiger partial charge in [0.15, 0.2) is 11.6 Å². The van der Waals surface area contributed by atoms with Gasteiger partial charge in [-0.05, 0) is 0 Å². The lowest BCUT2D eigenvalue weighted by atomic mass is 10.4. The predicted molar refractivity (Wildman–Crippen MR) is 62.3 cm³/mol. The average Bonchev–Trinajstić information content (AvgIpc) is 2.81. The van der Waals surface area contributed by atoms with Crippen molar-refractivity contribution in [2.75, 3.05) is 17.6 Å². The molecule has 16 heavy (non-hydrogen) atoms. The summed E-state index contributed by atoms with van der Waals surface area (Å²) in [6.07, 6.45) is 8.26. The number of hydrogen-bond donors (Lipinski definition) is 2. The van der Waals surface area contributed by atoms with E-state index >= 15 is 0 Å². The average molecular weight is 216 g/mol. The SMILES string of the molecule is C=CCNc1ncnc(-n2ccnc2)c1N. The highest BCUT2D eigenvalue weighted by Gasteiger charge is 2.08. The Labute approximate surface area is 92.9 Å². The van der Waals surface area contributed by atoms with E-state index in [-0.39, 0.29) is 0 Å². The van der Waals surface area contributed by atoms with E-state index in [0.29, 0.717) is 23.9 Å². The van der Waals surface area contributed by atoms with Gasteiger partial charge in [-0.2, -0.15) is 0 Å². The lowest BCUT2D eigenvalue weighted by molar-refractivity contribution is 0.974. The van der Waals surface area contributed by atoms with Crippen molar-refractivity contribution in [2.24, 2.45) is 0 Å². The summed E-state index contributed by atoms with van der Waals surface area (Å²) in [6.45, 7) is 4.22. The molecule has 82 valence electrons. The van der Waals surface area contributed by atoms with Crippen molar-refractivity contribution in [1.29, 1.82) is 0 Å². The van der Waals surface area contributed by atoms with E-state index in [0.717, 1.165) is 0 Å². The zero-order valence-corrected chi connectivity index (χ0v) is 8.67. The Hall–Kier alpha value is -2.37. The zero-order valence-electron chi connectivity index (χ0n) is 8.67. The first-order valence-electron chi connectivity index (χ1n) is 4.76. The van der Waals surface area contributed by atoms with Crippen LogP contribution in [0.4, 0.5) is 11.5 Å². The van der Waals surface area contributed by atoms with Gasteiger partial charge in [0, 0.05) is 18.9 Å². The minimum atomic E-state index is 0.488. The monoisotopic (exact) mass is 216 g/mol. The van der Waals surface area contributed by atoms with Crippen LogP contribution in [0.15, 0.2) is 37.7 Å². The lowest BCUT2D eigenvalue weighted by Gasteiger charge is -2.09. The van der Waals surface area contributed by atoms with E-state index in [1.807, 2.05) is 0 Å². The quantitative estimate of drug-likeness (QED) is 0.740. The first-order chi connectivity index (χ1) is 7.83. The van der Waals surface area contributed by atoms with E-state index in [4.69, 9.17) is 5.73 Å². The van der Waals surface area contributed by atoms with Gasteiger partial charge in [0.05, 0.1) is 0 Å². The molecule has 0 aliphatic heterocycles. The van der Waals surface area contributed by atoms with Gasteiger partial charge in [0.25, 0.3) is 0 Å². The molecule has 0 fully saturated rings. The predicted octanol–water partition coefficient (Wildman–Crippen LogP) is 0.842. The van der Waals surface area contributed by atoms with Gasteiger partial charge in [-0.1, -0.05) is 6.08 Å². The second-order valence-corrected chi connectivity index (χ2v) is 3.10. The first-order valence-corrected chi connectivity index (χ1v) is 4.76. The molecule has 3 N–H and O–H groups in total. The van der Waals surface area contributed by atoms with Crippen LogP contribution in [0, 0.1) is 0 Å². The molecule has 2 rings (SSSR count). The van der Waals surface area contributed by atoms with E-state index in [2.05, 4.69) is 26.8 Å². The highest BCUT2D eigenvalue weighted by Crippen LogP contribution is 2.20. The summed E-state index contributed by atoms with van der Waals surface area (Å²) in [5, 5.41) is 3.04.